The number of esters is 2. The normalized spacial score (nSPS) is 15.1. The molecule has 36 heavy (non-hydrogen) atoms. The van der Waals surface area contributed by atoms with Crippen LogP contribution in [-0.4, -0.2) is 74.0 Å². The van der Waals surface area contributed by atoms with E-state index in [2.05, 4.69) is 27.7 Å². The molecule has 0 rings (SSSR count). The number of hydrogen-bond acceptors (Lipinski definition) is 8. The molecule has 0 aromatic rings. The molecule has 0 fully saturated rings. The molecule has 0 aromatic heterocycles. The Bertz CT molecular complexity index is 514. The van der Waals surface area contributed by atoms with Gasteiger partial charge in [0.2, 0.25) is 0 Å². The van der Waals surface area contributed by atoms with Gasteiger partial charge in [-0.3, -0.25) is 9.59 Å². The molecule has 5 atom stereocenters. The third-order valence-electron chi connectivity index (χ3n) is 5.42. The van der Waals surface area contributed by atoms with Gasteiger partial charge < -0.3 is 29.2 Å². The zero-order chi connectivity index (χ0) is 27.8. The van der Waals surface area contributed by atoms with Crippen molar-refractivity contribution in [3.05, 3.63) is 0 Å². The van der Waals surface area contributed by atoms with E-state index in [1.807, 2.05) is 20.8 Å². The standard InChI is InChI=1S/C15H30O4.C13H26O4/c1-5-7-12(3)9-18-10-14(16)11-19-15(17)13(4)8-6-2;1-4-6-11(3)8-16-9-12(14)10-17-13(15)7-5-2/h12-14,16H,5-11H2,1-4H3;11-12,14H,4-10H2,1-3H3. The van der Waals surface area contributed by atoms with E-state index in [-0.39, 0.29) is 44.3 Å². The first-order chi connectivity index (χ1) is 17.1. The second kappa shape index (κ2) is 25.4. The lowest BCUT2D eigenvalue weighted by Gasteiger charge is -2.16. The van der Waals surface area contributed by atoms with Gasteiger partial charge in [-0.15, -0.1) is 0 Å². The summed E-state index contributed by atoms with van der Waals surface area (Å²) in [5.41, 5.74) is 0. The van der Waals surface area contributed by atoms with Crippen LogP contribution in [0.4, 0.5) is 0 Å². The molecular weight excluding hydrogens is 464 g/mol. The lowest BCUT2D eigenvalue weighted by Crippen LogP contribution is -2.26. The number of aliphatic hydroxyl groups excluding tert-OH is 2. The molecule has 0 heterocycles. The first-order valence-electron chi connectivity index (χ1n) is 13.9. The molecule has 0 aliphatic carbocycles. The molecule has 0 saturated carbocycles. The van der Waals surface area contributed by atoms with Crippen LogP contribution in [0.2, 0.25) is 0 Å². The Labute approximate surface area is 220 Å². The molecule has 8 heteroatoms. The molecule has 0 aliphatic heterocycles. The molecule has 0 bridgehead atoms. The summed E-state index contributed by atoms with van der Waals surface area (Å²) in [6, 6.07) is 0. The van der Waals surface area contributed by atoms with E-state index >= 15 is 0 Å². The van der Waals surface area contributed by atoms with Crippen molar-refractivity contribution in [2.75, 3.05) is 39.6 Å². The molecule has 0 aliphatic rings. The van der Waals surface area contributed by atoms with Crippen LogP contribution in [0.25, 0.3) is 0 Å². The second-order valence-corrected chi connectivity index (χ2v) is 9.92. The number of carbonyl (C=O) groups is 2. The molecule has 0 amide bonds. The Hall–Kier alpha value is -1.22. The Morgan fingerprint density at radius 1 is 0.611 bits per heavy atom. The maximum absolute atomic E-state index is 11.5. The van der Waals surface area contributed by atoms with E-state index in [9.17, 15) is 19.8 Å². The smallest absolute Gasteiger partial charge is 0.308 e. The number of ether oxygens (including phenoxy) is 4. The van der Waals surface area contributed by atoms with Gasteiger partial charge in [-0.25, -0.2) is 0 Å². The summed E-state index contributed by atoms with van der Waals surface area (Å²) < 4.78 is 20.7. The summed E-state index contributed by atoms with van der Waals surface area (Å²) >= 11 is 0. The third kappa shape index (κ3) is 24.5. The average Bonchev–Trinajstić information content (AvgIpc) is 2.82. The fourth-order valence-electron chi connectivity index (χ4n) is 3.40. The molecule has 0 aromatic carbocycles. The number of hydrogen-bond donors (Lipinski definition) is 2. The molecule has 0 radical (unpaired) electrons. The van der Waals surface area contributed by atoms with E-state index in [1.165, 1.54) is 0 Å². The van der Waals surface area contributed by atoms with Crippen molar-refractivity contribution in [1.82, 2.24) is 0 Å². The van der Waals surface area contributed by atoms with Crippen LogP contribution in [0.15, 0.2) is 0 Å². The predicted molar refractivity (Wildman–Crippen MR) is 143 cm³/mol. The minimum absolute atomic E-state index is 0.0229. The number of rotatable bonds is 21. The first-order valence-corrected chi connectivity index (χ1v) is 13.9. The van der Waals surface area contributed by atoms with Gasteiger partial charge in [-0.2, -0.15) is 0 Å². The van der Waals surface area contributed by atoms with Gasteiger partial charge >= 0.3 is 11.9 Å². The van der Waals surface area contributed by atoms with E-state index in [0.717, 1.165) is 44.9 Å². The number of aliphatic hydroxyl groups is 2. The minimum atomic E-state index is -0.730. The predicted octanol–water partition coefficient (Wildman–Crippen LogP) is 4.92. The summed E-state index contributed by atoms with van der Waals surface area (Å²) in [7, 11) is 0. The highest BCUT2D eigenvalue weighted by Gasteiger charge is 2.15. The fraction of sp³-hybridized carbons (Fsp3) is 0.929. The molecule has 0 saturated heterocycles. The van der Waals surface area contributed by atoms with Gasteiger partial charge in [0.15, 0.2) is 0 Å². The summed E-state index contributed by atoms with van der Waals surface area (Å²) in [6.45, 7) is 16.1. The Morgan fingerprint density at radius 3 is 1.47 bits per heavy atom. The van der Waals surface area contributed by atoms with Crippen molar-refractivity contribution >= 4 is 11.9 Å². The summed E-state index contributed by atoms with van der Waals surface area (Å²) in [6.07, 6.45) is 6.03. The van der Waals surface area contributed by atoms with Gasteiger partial charge in [-0.1, -0.05) is 67.7 Å². The lowest BCUT2D eigenvalue weighted by atomic mass is 10.1. The van der Waals surface area contributed by atoms with Crippen LogP contribution in [0.3, 0.4) is 0 Å². The lowest BCUT2D eigenvalue weighted by molar-refractivity contribution is -0.152. The quantitative estimate of drug-likeness (QED) is 0.205. The maximum atomic E-state index is 11.5. The van der Waals surface area contributed by atoms with Gasteiger partial charge in [-0.05, 0) is 37.5 Å². The topological polar surface area (TPSA) is 112 Å². The summed E-state index contributed by atoms with van der Waals surface area (Å²) in [5.74, 6) is 0.424. The largest absolute Gasteiger partial charge is 0.463 e. The maximum Gasteiger partial charge on any atom is 0.308 e. The van der Waals surface area contributed by atoms with Crippen molar-refractivity contribution in [2.45, 2.75) is 112 Å². The van der Waals surface area contributed by atoms with E-state index in [0.29, 0.717) is 31.5 Å². The van der Waals surface area contributed by atoms with E-state index < -0.39 is 12.2 Å². The third-order valence-corrected chi connectivity index (χ3v) is 5.42. The van der Waals surface area contributed by atoms with Crippen molar-refractivity contribution < 1.29 is 38.7 Å². The van der Waals surface area contributed by atoms with Crippen LogP contribution < -0.4 is 0 Å². The highest BCUT2D eigenvalue weighted by atomic mass is 16.6. The Kier molecular flexibility index (Phi) is 26.1. The van der Waals surface area contributed by atoms with Crippen molar-refractivity contribution in [1.29, 1.82) is 0 Å². The molecule has 8 nitrogen and oxygen atoms in total. The minimum Gasteiger partial charge on any atom is -0.463 e. The summed E-state index contributed by atoms with van der Waals surface area (Å²) in [4.78, 5) is 22.6. The van der Waals surface area contributed by atoms with Crippen molar-refractivity contribution in [3.8, 4) is 0 Å². The van der Waals surface area contributed by atoms with Gasteiger partial charge in [0.25, 0.3) is 0 Å². The molecular formula is C28H56O8. The fourth-order valence-corrected chi connectivity index (χ4v) is 3.40. The monoisotopic (exact) mass is 520 g/mol. The van der Waals surface area contributed by atoms with Crippen LogP contribution in [0, 0.1) is 17.8 Å². The van der Waals surface area contributed by atoms with E-state index in [1.54, 1.807) is 0 Å². The zero-order valence-electron chi connectivity index (χ0n) is 24.1. The van der Waals surface area contributed by atoms with Gasteiger partial charge in [0.05, 0.1) is 19.1 Å². The zero-order valence-corrected chi connectivity index (χ0v) is 24.1. The Morgan fingerprint density at radius 2 is 1.06 bits per heavy atom. The number of carbonyl (C=O) groups excluding carboxylic acids is 2. The molecule has 0 spiro atoms. The van der Waals surface area contributed by atoms with Crippen LogP contribution >= 0.6 is 0 Å². The highest BCUT2D eigenvalue weighted by Crippen LogP contribution is 2.08. The molecule has 2 N–H and O–H groups in total. The van der Waals surface area contributed by atoms with Crippen molar-refractivity contribution in [3.63, 3.8) is 0 Å². The SMILES string of the molecule is CCCC(=O)OCC(O)COCC(C)CCC.CCCC(C)COCC(O)COC(=O)C(C)CCC. The average molecular weight is 521 g/mol. The highest BCUT2D eigenvalue weighted by molar-refractivity contribution is 5.71. The molecule has 5 unspecified atom stereocenters. The van der Waals surface area contributed by atoms with Crippen LogP contribution in [0.5, 0.6) is 0 Å². The van der Waals surface area contributed by atoms with Gasteiger partial charge in [0, 0.05) is 19.6 Å². The van der Waals surface area contributed by atoms with Crippen molar-refractivity contribution in [2.24, 2.45) is 17.8 Å². The Balaban J connectivity index is 0. The van der Waals surface area contributed by atoms with Crippen LogP contribution in [0.1, 0.15) is 99.8 Å². The molecule has 216 valence electrons. The second-order valence-electron chi connectivity index (χ2n) is 9.92. The summed E-state index contributed by atoms with van der Waals surface area (Å²) in [5, 5.41) is 19.2. The van der Waals surface area contributed by atoms with Gasteiger partial charge in [0.1, 0.15) is 25.4 Å². The first kappa shape index (κ1) is 36.9. The van der Waals surface area contributed by atoms with E-state index in [4.69, 9.17) is 18.9 Å². The van der Waals surface area contributed by atoms with Crippen LogP contribution in [-0.2, 0) is 28.5 Å².